The van der Waals surface area contributed by atoms with Crippen molar-refractivity contribution in [3.63, 3.8) is 0 Å². The van der Waals surface area contributed by atoms with Crippen LogP contribution in [0.2, 0.25) is 0 Å². The van der Waals surface area contributed by atoms with Crippen molar-refractivity contribution in [3.05, 3.63) is 89.1 Å². The van der Waals surface area contributed by atoms with Gasteiger partial charge in [0.1, 0.15) is 12.0 Å². The van der Waals surface area contributed by atoms with E-state index in [0.29, 0.717) is 16.9 Å². The molecule has 7 heteroatoms. The van der Waals surface area contributed by atoms with Crippen LogP contribution < -0.4 is 10.2 Å². The van der Waals surface area contributed by atoms with Crippen LogP contribution in [0.4, 0.5) is 24.7 Å². The molecule has 0 aliphatic carbocycles. The maximum Gasteiger partial charge on any atom is 0.416 e. The number of carbonyl (C=O) groups excluding carboxylic acids is 1. The molecule has 4 nitrogen and oxygen atoms in total. The van der Waals surface area contributed by atoms with E-state index in [0.717, 1.165) is 17.7 Å². The summed E-state index contributed by atoms with van der Waals surface area (Å²) in [5.41, 5.74) is 1.63. The zero-order chi connectivity index (χ0) is 19.9. The molecule has 1 N–H and O–H groups in total. The Bertz CT molecular complexity index is 1030. The van der Waals surface area contributed by atoms with Gasteiger partial charge in [-0.25, -0.2) is 4.98 Å². The molecule has 0 spiro atoms. The van der Waals surface area contributed by atoms with Crippen LogP contribution in [0, 0.1) is 6.92 Å². The molecule has 0 saturated carbocycles. The van der Waals surface area contributed by atoms with E-state index in [2.05, 4.69) is 10.3 Å². The summed E-state index contributed by atoms with van der Waals surface area (Å²) >= 11 is 0. The first-order chi connectivity index (χ1) is 13.3. The summed E-state index contributed by atoms with van der Waals surface area (Å²) in [5, 5.41) is 3.07. The molecular formula is C21H16F3N3O. The summed E-state index contributed by atoms with van der Waals surface area (Å²) in [6.07, 6.45) is -3.46. The van der Waals surface area contributed by atoms with E-state index in [1.165, 1.54) is 11.0 Å². The van der Waals surface area contributed by atoms with Crippen molar-refractivity contribution >= 4 is 17.4 Å². The van der Waals surface area contributed by atoms with Gasteiger partial charge in [-0.1, -0.05) is 30.3 Å². The van der Waals surface area contributed by atoms with Gasteiger partial charge in [-0.2, -0.15) is 13.2 Å². The van der Waals surface area contributed by atoms with Crippen molar-refractivity contribution in [1.29, 1.82) is 0 Å². The van der Waals surface area contributed by atoms with Gasteiger partial charge in [0, 0.05) is 23.0 Å². The molecule has 0 bridgehead atoms. The number of hydrogen-bond donors (Lipinski definition) is 1. The van der Waals surface area contributed by atoms with E-state index in [1.54, 1.807) is 42.6 Å². The minimum Gasteiger partial charge on any atom is -0.361 e. The zero-order valence-electron chi connectivity index (χ0n) is 14.9. The van der Waals surface area contributed by atoms with Gasteiger partial charge in [-0.15, -0.1) is 0 Å². The maximum atomic E-state index is 13.1. The van der Waals surface area contributed by atoms with E-state index >= 15 is 0 Å². The smallest absolute Gasteiger partial charge is 0.361 e. The van der Waals surface area contributed by atoms with Gasteiger partial charge in [0.05, 0.1) is 5.56 Å². The summed E-state index contributed by atoms with van der Waals surface area (Å²) in [5.74, 6) is 0.174. The molecule has 142 valence electrons. The van der Waals surface area contributed by atoms with E-state index in [1.807, 2.05) is 13.0 Å². The van der Waals surface area contributed by atoms with Crippen molar-refractivity contribution in [3.8, 4) is 0 Å². The molecule has 2 heterocycles. The lowest BCUT2D eigenvalue weighted by atomic mass is 10.1. The third kappa shape index (κ3) is 3.19. The maximum absolute atomic E-state index is 13.1. The van der Waals surface area contributed by atoms with Gasteiger partial charge in [0.25, 0.3) is 5.91 Å². The highest BCUT2D eigenvalue weighted by molar-refractivity contribution is 6.11. The molecule has 1 aliphatic heterocycles. The number of pyridine rings is 1. The molecule has 1 atom stereocenters. The third-order valence-corrected chi connectivity index (χ3v) is 4.60. The van der Waals surface area contributed by atoms with E-state index in [-0.39, 0.29) is 11.6 Å². The number of halogens is 3. The number of aryl methyl sites for hydroxylation is 1. The van der Waals surface area contributed by atoms with Crippen LogP contribution in [0.15, 0.2) is 66.9 Å². The lowest BCUT2D eigenvalue weighted by Crippen LogP contribution is -2.33. The van der Waals surface area contributed by atoms with Crippen molar-refractivity contribution in [1.82, 2.24) is 4.98 Å². The van der Waals surface area contributed by atoms with Crippen LogP contribution in [0.5, 0.6) is 0 Å². The van der Waals surface area contributed by atoms with Crippen LogP contribution in [0.25, 0.3) is 0 Å². The molecule has 0 saturated heterocycles. The number of anilines is 2. The minimum atomic E-state index is -4.45. The molecular weight excluding hydrogens is 367 g/mol. The summed E-state index contributed by atoms with van der Waals surface area (Å²) in [7, 11) is 0. The molecule has 1 amide bonds. The van der Waals surface area contributed by atoms with E-state index in [9.17, 15) is 18.0 Å². The van der Waals surface area contributed by atoms with Gasteiger partial charge in [-0.3, -0.25) is 9.69 Å². The highest BCUT2D eigenvalue weighted by atomic mass is 19.4. The van der Waals surface area contributed by atoms with Crippen molar-refractivity contribution < 1.29 is 18.0 Å². The zero-order valence-corrected chi connectivity index (χ0v) is 14.9. The number of nitrogens with zero attached hydrogens (tertiary/aromatic N) is 2. The first-order valence-corrected chi connectivity index (χ1v) is 8.63. The average Bonchev–Trinajstić information content (AvgIpc) is 2.94. The fraction of sp³-hybridized carbons (Fsp3) is 0.143. The third-order valence-electron chi connectivity index (χ3n) is 4.60. The summed E-state index contributed by atoms with van der Waals surface area (Å²) < 4.78 is 39.2. The first kappa shape index (κ1) is 18.0. The topological polar surface area (TPSA) is 45.2 Å². The quantitative estimate of drug-likeness (QED) is 0.678. The Kier molecular flexibility index (Phi) is 4.30. The fourth-order valence-electron chi connectivity index (χ4n) is 3.24. The molecule has 1 unspecified atom stereocenters. The molecule has 0 fully saturated rings. The summed E-state index contributed by atoms with van der Waals surface area (Å²) in [4.78, 5) is 18.8. The number of nitrogens with one attached hydrogen (secondary N) is 1. The number of carbonyl (C=O) groups is 1. The SMILES string of the molecule is Cc1ccc(N2C(=O)c3ccccc3C2Nc2cccc(C(F)(F)F)c2)nc1. The number of alkyl halides is 3. The summed E-state index contributed by atoms with van der Waals surface area (Å²) in [6, 6.07) is 15.5. The van der Waals surface area contributed by atoms with Crippen LogP contribution in [0.1, 0.15) is 33.2 Å². The second kappa shape index (κ2) is 6.67. The molecule has 3 aromatic rings. The molecule has 1 aliphatic rings. The number of hydrogen-bond acceptors (Lipinski definition) is 3. The van der Waals surface area contributed by atoms with Gasteiger partial charge in [0.2, 0.25) is 0 Å². The Hall–Kier alpha value is -3.35. The number of amides is 1. The number of rotatable bonds is 3. The fourth-order valence-corrected chi connectivity index (χ4v) is 3.24. The second-order valence-electron chi connectivity index (χ2n) is 6.58. The minimum absolute atomic E-state index is 0.253. The number of benzene rings is 2. The first-order valence-electron chi connectivity index (χ1n) is 8.63. The van der Waals surface area contributed by atoms with Crippen LogP contribution in [-0.4, -0.2) is 10.9 Å². The highest BCUT2D eigenvalue weighted by Crippen LogP contribution is 2.38. The Morgan fingerprint density at radius 2 is 1.82 bits per heavy atom. The average molecular weight is 383 g/mol. The normalized spacial score (nSPS) is 16.2. The van der Waals surface area contributed by atoms with Crippen LogP contribution in [-0.2, 0) is 6.18 Å². The van der Waals surface area contributed by atoms with E-state index in [4.69, 9.17) is 0 Å². The van der Waals surface area contributed by atoms with Gasteiger partial charge >= 0.3 is 6.18 Å². The molecule has 0 radical (unpaired) electrons. The van der Waals surface area contributed by atoms with Crippen molar-refractivity contribution in [2.75, 3.05) is 10.2 Å². The Balaban J connectivity index is 1.76. The highest BCUT2D eigenvalue weighted by Gasteiger charge is 2.38. The van der Waals surface area contributed by atoms with Crippen molar-refractivity contribution in [2.24, 2.45) is 0 Å². The van der Waals surface area contributed by atoms with Crippen LogP contribution >= 0.6 is 0 Å². The number of aromatic nitrogens is 1. The molecule has 1 aromatic heterocycles. The lowest BCUT2D eigenvalue weighted by Gasteiger charge is -2.26. The second-order valence-corrected chi connectivity index (χ2v) is 6.58. The largest absolute Gasteiger partial charge is 0.416 e. The molecule has 4 rings (SSSR count). The Morgan fingerprint density at radius 3 is 2.54 bits per heavy atom. The van der Waals surface area contributed by atoms with Gasteiger partial charge in [0.15, 0.2) is 0 Å². The Labute approximate surface area is 159 Å². The summed E-state index contributed by atoms with van der Waals surface area (Å²) in [6.45, 7) is 1.88. The van der Waals surface area contributed by atoms with Gasteiger partial charge < -0.3 is 5.32 Å². The lowest BCUT2D eigenvalue weighted by molar-refractivity contribution is -0.137. The predicted octanol–water partition coefficient (Wildman–Crippen LogP) is 5.18. The van der Waals surface area contributed by atoms with Crippen molar-refractivity contribution in [2.45, 2.75) is 19.3 Å². The Morgan fingerprint density at radius 1 is 1.04 bits per heavy atom. The molecule has 2 aromatic carbocycles. The predicted molar refractivity (Wildman–Crippen MR) is 100 cm³/mol. The van der Waals surface area contributed by atoms with E-state index < -0.39 is 17.9 Å². The standard InChI is InChI=1S/C21H16F3N3O/c1-13-9-10-18(25-12-13)27-19(16-7-2-3-8-17(16)20(27)28)26-15-6-4-5-14(11-15)21(22,23)24/h2-12,19,26H,1H3. The number of fused-ring (bicyclic) bond motifs is 1. The van der Waals surface area contributed by atoms with Crippen LogP contribution in [0.3, 0.4) is 0 Å². The van der Waals surface area contributed by atoms with Gasteiger partial charge in [-0.05, 0) is 42.8 Å². The molecule has 28 heavy (non-hydrogen) atoms. The monoisotopic (exact) mass is 383 g/mol.